The van der Waals surface area contributed by atoms with Gasteiger partial charge in [-0.25, -0.2) is 0 Å². The molecule has 0 aromatic heterocycles. The quantitative estimate of drug-likeness (QED) is 0.625. The lowest BCUT2D eigenvalue weighted by Gasteiger charge is -2.08. The Kier molecular flexibility index (Phi) is 9.09. The number of benzene rings is 1. The van der Waals surface area contributed by atoms with Gasteiger partial charge in [-0.1, -0.05) is 19.1 Å². The highest BCUT2D eigenvalue weighted by molar-refractivity contribution is 5.27. The van der Waals surface area contributed by atoms with Crippen LogP contribution in [0.1, 0.15) is 45.6 Å². The molecule has 114 valence electrons. The summed E-state index contributed by atoms with van der Waals surface area (Å²) in [6.07, 6.45) is 3.67. The van der Waals surface area contributed by atoms with Gasteiger partial charge in [-0.3, -0.25) is 0 Å². The van der Waals surface area contributed by atoms with E-state index in [-0.39, 0.29) is 0 Å². The predicted octanol–water partition coefficient (Wildman–Crippen LogP) is 3.77. The van der Waals surface area contributed by atoms with Crippen molar-refractivity contribution in [2.75, 3.05) is 19.8 Å². The van der Waals surface area contributed by atoms with Crippen molar-refractivity contribution in [1.29, 1.82) is 0 Å². The molecular formula is C17H29NO2. The Hall–Kier alpha value is -1.06. The van der Waals surface area contributed by atoms with Crippen molar-refractivity contribution in [2.24, 2.45) is 0 Å². The first-order chi connectivity index (χ1) is 9.72. The number of hydrogen-bond acceptors (Lipinski definition) is 3. The second kappa shape index (κ2) is 10.7. The van der Waals surface area contributed by atoms with Gasteiger partial charge in [0.05, 0.1) is 12.7 Å². The first kappa shape index (κ1) is 17.0. The van der Waals surface area contributed by atoms with Gasteiger partial charge in [-0.2, -0.15) is 0 Å². The molecule has 1 aromatic carbocycles. The fourth-order valence-corrected chi connectivity index (χ4v) is 1.83. The molecule has 1 N–H and O–H groups in total. The summed E-state index contributed by atoms with van der Waals surface area (Å²) in [7, 11) is 0. The topological polar surface area (TPSA) is 30.5 Å². The van der Waals surface area contributed by atoms with Gasteiger partial charge in [0.15, 0.2) is 0 Å². The maximum Gasteiger partial charge on any atom is 0.119 e. The van der Waals surface area contributed by atoms with Gasteiger partial charge in [0.2, 0.25) is 0 Å². The molecule has 0 amide bonds. The molecule has 0 atom stereocenters. The molecule has 0 unspecified atom stereocenters. The third-order valence-electron chi connectivity index (χ3n) is 2.92. The molecule has 3 heteroatoms. The van der Waals surface area contributed by atoms with E-state index >= 15 is 0 Å². The first-order valence-corrected chi connectivity index (χ1v) is 7.76. The van der Waals surface area contributed by atoms with Gasteiger partial charge in [0, 0.05) is 13.2 Å². The lowest BCUT2D eigenvalue weighted by atomic mass is 10.2. The third kappa shape index (κ3) is 8.18. The summed E-state index contributed by atoms with van der Waals surface area (Å²) >= 11 is 0. The molecule has 0 bridgehead atoms. The van der Waals surface area contributed by atoms with Gasteiger partial charge >= 0.3 is 0 Å². The molecule has 0 heterocycles. The molecule has 1 rings (SSSR count). The van der Waals surface area contributed by atoms with Crippen molar-refractivity contribution < 1.29 is 9.47 Å². The average molecular weight is 279 g/mol. The second-order valence-electron chi connectivity index (χ2n) is 5.30. The average Bonchev–Trinajstić information content (AvgIpc) is 2.45. The smallest absolute Gasteiger partial charge is 0.119 e. The van der Waals surface area contributed by atoms with Gasteiger partial charge in [-0.15, -0.1) is 0 Å². The Bertz CT molecular complexity index is 335. The second-order valence-corrected chi connectivity index (χ2v) is 5.30. The zero-order chi connectivity index (χ0) is 14.6. The lowest BCUT2D eigenvalue weighted by Crippen LogP contribution is -2.15. The zero-order valence-corrected chi connectivity index (χ0v) is 13.2. The molecule has 1 aromatic rings. The minimum absolute atomic E-state index is 0.344. The first-order valence-electron chi connectivity index (χ1n) is 7.76. The van der Waals surface area contributed by atoms with Crippen molar-refractivity contribution in [2.45, 2.75) is 52.7 Å². The molecule has 0 saturated carbocycles. The maximum atomic E-state index is 5.57. The van der Waals surface area contributed by atoms with E-state index < -0.39 is 0 Å². The fourth-order valence-electron chi connectivity index (χ4n) is 1.83. The van der Waals surface area contributed by atoms with Crippen molar-refractivity contribution in [3.63, 3.8) is 0 Å². The normalized spacial score (nSPS) is 11.0. The monoisotopic (exact) mass is 279 g/mol. The summed E-state index contributed by atoms with van der Waals surface area (Å²) in [6, 6.07) is 8.34. The largest absolute Gasteiger partial charge is 0.494 e. The summed E-state index contributed by atoms with van der Waals surface area (Å²) in [5, 5.41) is 3.46. The highest BCUT2D eigenvalue weighted by Gasteiger charge is 1.96. The van der Waals surface area contributed by atoms with Crippen LogP contribution >= 0.6 is 0 Å². The fraction of sp³-hybridized carbons (Fsp3) is 0.647. The van der Waals surface area contributed by atoms with Crippen LogP contribution in [0.4, 0.5) is 0 Å². The molecule has 0 spiro atoms. The molecule has 0 aliphatic rings. The molecule has 20 heavy (non-hydrogen) atoms. The van der Waals surface area contributed by atoms with Crippen molar-refractivity contribution >= 4 is 0 Å². The Balaban J connectivity index is 2.07. The zero-order valence-electron chi connectivity index (χ0n) is 13.2. The van der Waals surface area contributed by atoms with E-state index in [2.05, 4.69) is 38.2 Å². The lowest BCUT2D eigenvalue weighted by molar-refractivity contribution is 0.0760. The molecule has 0 radical (unpaired) electrons. The standard InChI is InChI=1S/C17H29NO2/c1-4-12-20-17-9-7-16(8-10-17)14-18-11-5-6-13-19-15(2)3/h7-10,15,18H,4-6,11-14H2,1-3H3. The van der Waals surface area contributed by atoms with Crippen molar-refractivity contribution in [1.82, 2.24) is 5.32 Å². The van der Waals surface area contributed by atoms with E-state index in [1.165, 1.54) is 5.56 Å². The minimum atomic E-state index is 0.344. The van der Waals surface area contributed by atoms with Crippen LogP contribution in [0.15, 0.2) is 24.3 Å². The number of ether oxygens (including phenoxy) is 2. The Morgan fingerprint density at radius 2 is 1.80 bits per heavy atom. The number of hydrogen-bond donors (Lipinski definition) is 1. The van der Waals surface area contributed by atoms with E-state index in [1.807, 2.05) is 12.1 Å². The molecule has 3 nitrogen and oxygen atoms in total. The van der Waals surface area contributed by atoms with E-state index in [0.29, 0.717) is 6.10 Å². The van der Waals surface area contributed by atoms with Crippen LogP contribution < -0.4 is 10.1 Å². The van der Waals surface area contributed by atoms with Gasteiger partial charge in [0.25, 0.3) is 0 Å². The number of nitrogens with one attached hydrogen (secondary N) is 1. The van der Waals surface area contributed by atoms with Crippen molar-refractivity contribution in [3.05, 3.63) is 29.8 Å². The highest BCUT2D eigenvalue weighted by atomic mass is 16.5. The number of rotatable bonds is 11. The SMILES string of the molecule is CCCOc1ccc(CNCCCCOC(C)C)cc1. The molecule has 0 aliphatic carbocycles. The summed E-state index contributed by atoms with van der Waals surface area (Å²) in [6.45, 7) is 9.87. The van der Waals surface area contributed by atoms with Crippen LogP contribution in [-0.4, -0.2) is 25.9 Å². The van der Waals surface area contributed by atoms with Gasteiger partial charge in [0.1, 0.15) is 5.75 Å². The van der Waals surface area contributed by atoms with Crippen LogP contribution in [0.2, 0.25) is 0 Å². The molecule has 0 aliphatic heterocycles. The van der Waals surface area contributed by atoms with Crippen LogP contribution in [0.5, 0.6) is 5.75 Å². The van der Waals surface area contributed by atoms with E-state index in [1.54, 1.807) is 0 Å². The van der Waals surface area contributed by atoms with Crippen molar-refractivity contribution in [3.8, 4) is 5.75 Å². The summed E-state index contributed by atoms with van der Waals surface area (Å²) < 4.78 is 11.1. The minimum Gasteiger partial charge on any atom is -0.494 e. The molecule has 0 saturated heterocycles. The third-order valence-corrected chi connectivity index (χ3v) is 2.92. The summed E-state index contributed by atoms with van der Waals surface area (Å²) in [4.78, 5) is 0. The number of unbranched alkanes of at least 4 members (excludes halogenated alkanes) is 1. The van der Waals surface area contributed by atoms with E-state index in [4.69, 9.17) is 9.47 Å². The highest BCUT2D eigenvalue weighted by Crippen LogP contribution is 2.12. The van der Waals surface area contributed by atoms with Crippen LogP contribution in [-0.2, 0) is 11.3 Å². The van der Waals surface area contributed by atoms with Crippen LogP contribution in [0, 0.1) is 0 Å². The Morgan fingerprint density at radius 3 is 2.45 bits per heavy atom. The Morgan fingerprint density at radius 1 is 1.05 bits per heavy atom. The van der Waals surface area contributed by atoms with Gasteiger partial charge < -0.3 is 14.8 Å². The molecule has 0 fully saturated rings. The van der Waals surface area contributed by atoms with Gasteiger partial charge in [-0.05, 0) is 57.4 Å². The predicted molar refractivity (Wildman–Crippen MR) is 84.3 cm³/mol. The molecular weight excluding hydrogens is 250 g/mol. The maximum absolute atomic E-state index is 5.57. The van der Waals surface area contributed by atoms with Crippen LogP contribution in [0.3, 0.4) is 0 Å². The summed E-state index contributed by atoms with van der Waals surface area (Å²) in [5.74, 6) is 0.960. The Labute approximate surface area is 123 Å². The summed E-state index contributed by atoms with van der Waals surface area (Å²) in [5.41, 5.74) is 1.30. The van der Waals surface area contributed by atoms with E-state index in [0.717, 1.165) is 51.3 Å². The van der Waals surface area contributed by atoms with E-state index in [9.17, 15) is 0 Å². The van der Waals surface area contributed by atoms with Crippen LogP contribution in [0.25, 0.3) is 0 Å².